The molecule has 148 valence electrons. The predicted molar refractivity (Wildman–Crippen MR) is 103 cm³/mol. The third-order valence-corrected chi connectivity index (χ3v) is 5.19. The normalized spacial score (nSPS) is 13.1. The molecule has 1 aliphatic heterocycles. The number of Topliss-reactive ketones (excluding diaryl/α,β-unsaturated/α-hetero) is 1. The summed E-state index contributed by atoms with van der Waals surface area (Å²) < 4.78 is 15.7. The van der Waals surface area contributed by atoms with Gasteiger partial charge in [0, 0.05) is 17.8 Å². The Kier molecular flexibility index (Phi) is 6.30. The molecule has 0 saturated carbocycles. The molecular formula is C20H21NO6S. The number of ether oxygens (including phenoxy) is 3. The van der Waals surface area contributed by atoms with Crippen LogP contribution >= 0.6 is 11.3 Å². The lowest BCUT2D eigenvalue weighted by Crippen LogP contribution is -2.35. The topological polar surface area (TPSA) is 90.9 Å². The minimum Gasteiger partial charge on any atom is -0.454 e. The van der Waals surface area contributed by atoms with Crippen molar-refractivity contribution in [3.8, 4) is 11.5 Å². The predicted octanol–water partition coefficient (Wildman–Crippen LogP) is 3.00. The first-order valence-electron chi connectivity index (χ1n) is 8.88. The number of thiophene rings is 1. The molecule has 0 aliphatic carbocycles. The van der Waals surface area contributed by atoms with Gasteiger partial charge < -0.3 is 19.5 Å². The molecule has 1 amide bonds. The van der Waals surface area contributed by atoms with E-state index in [-0.39, 0.29) is 32.0 Å². The quantitative estimate of drug-likeness (QED) is 0.538. The number of aryl methyl sites for hydroxylation is 1. The van der Waals surface area contributed by atoms with Crippen molar-refractivity contribution in [3.63, 3.8) is 0 Å². The van der Waals surface area contributed by atoms with E-state index >= 15 is 0 Å². The Morgan fingerprint density at radius 3 is 2.68 bits per heavy atom. The highest BCUT2D eigenvalue weighted by atomic mass is 32.1. The number of hydrogen-bond donors (Lipinski definition) is 1. The standard InChI is InChI=1S/C20H21NO6S/c1-12-3-7-18(28-12)15(22)5-8-19(23)27-13(2)20(24)21-10-14-4-6-16-17(9-14)26-11-25-16/h3-4,6-7,9,13H,5,8,10-11H2,1-2H3,(H,21,24)/t13-/m1/s1. The number of carbonyl (C=O) groups is 3. The van der Waals surface area contributed by atoms with Crippen LogP contribution in [0.4, 0.5) is 0 Å². The molecule has 3 rings (SSSR count). The molecule has 1 aromatic carbocycles. The lowest BCUT2D eigenvalue weighted by molar-refractivity contribution is -0.154. The van der Waals surface area contributed by atoms with Gasteiger partial charge in [0.15, 0.2) is 23.4 Å². The first-order valence-corrected chi connectivity index (χ1v) is 9.69. The van der Waals surface area contributed by atoms with Crippen molar-refractivity contribution in [1.29, 1.82) is 0 Å². The summed E-state index contributed by atoms with van der Waals surface area (Å²) in [5, 5.41) is 2.71. The Labute approximate surface area is 166 Å². The molecule has 1 N–H and O–H groups in total. The highest BCUT2D eigenvalue weighted by Gasteiger charge is 2.19. The number of esters is 1. The molecule has 0 bridgehead atoms. The minimum absolute atomic E-state index is 0.0598. The summed E-state index contributed by atoms with van der Waals surface area (Å²) in [6, 6.07) is 9.00. The van der Waals surface area contributed by atoms with Crippen LogP contribution in [0.1, 0.15) is 39.9 Å². The summed E-state index contributed by atoms with van der Waals surface area (Å²) >= 11 is 1.40. The van der Waals surface area contributed by atoms with Crippen molar-refractivity contribution >= 4 is 29.0 Å². The van der Waals surface area contributed by atoms with Crippen molar-refractivity contribution in [3.05, 3.63) is 45.6 Å². The Morgan fingerprint density at radius 1 is 1.14 bits per heavy atom. The Bertz CT molecular complexity index is 891. The lowest BCUT2D eigenvalue weighted by Gasteiger charge is -2.13. The van der Waals surface area contributed by atoms with Crippen molar-refractivity contribution in [2.24, 2.45) is 0 Å². The summed E-state index contributed by atoms with van der Waals surface area (Å²) in [6.45, 7) is 3.87. The van der Waals surface area contributed by atoms with Crippen molar-refractivity contribution in [1.82, 2.24) is 5.32 Å². The van der Waals surface area contributed by atoms with Crippen LogP contribution in [0.3, 0.4) is 0 Å². The maximum absolute atomic E-state index is 12.1. The van der Waals surface area contributed by atoms with Crippen LogP contribution < -0.4 is 14.8 Å². The van der Waals surface area contributed by atoms with Crippen LogP contribution in [-0.2, 0) is 20.9 Å². The largest absolute Gasteiger partial charge is 0.454 e. The van der Waals surface area contributed by atoms with Crippen LogP contribution in [0.15, 0.2) is 30.3 Å². The van der Waals surface area contributed by atoms with Gasteiger partial charge in [-0.2, -0.15) is 0 Å². The monoisotopic (exact) mass is 403 g/mol. The van der Waals surface area contributed by atoms with E-state index in [1.807, 2.05) is 19.1 Å². The maximum atomic E-state index is 12.1. The number of carbonyl (C=O) groups excluding carboxylic acids is 3. The third-order valence-electron chi connectivity index (χ3n) is 4.15. The molecule has 8 heteroatoms. The maximum Gasteiger partial charge on any atom is 0.307 e. The second kappa shape index (κ2) is 8.88. The number of benzene rings is 1. The van der Waals surface area contributed by atoms with Crippen LogP contribution in [-0.4, -0.2) is 30.6 Å². The highest BCUT2D eigenvalue weighted by molar-refractivity contribution is 7.14. The van der Waals surface area contributed by atoms with E-state index in [9.17, 15) is 14.4 Å². The molecule has 0 fully saturated rings. The van der Waals surface area contributed by atoms with Gasteiger partial charge in [0.25, 0.3) is 5.91 Å². The Balaban J connectivity index is 1.40. The molecule has 1 atom stereocenters. The number of hydrogen-bond acceptors (Lipinski definition) is 7. The van der Waals surface area contributed by atoms with Crippen molar-refractivity contribution in [2.75, 3.05) is 6.79 Å². The number of nitrogens with one attached hydrogen (secondary N) is 1. The van der Waals surface area contributed by atoms with Gasteiger partial charge in [0.1, 0.15) is 0 Å². The molecule has 0 unspecified atom stereocenters. The van der Waals surface area contributed by atoms with Crippen LogP contribution in [0, 0.1) is 6.92 Å². The van der Waals surface area contributed by atoms with Gasteiger partial charge in [-0.15, -0.1) is 11.3 Å². The molecule has 2 heterocycles. The number of fused-ring (bicyclic) bond motifs is 1. The van der Waals surface area contributed by atoms with Gasteiger partial charge >= 0.3 is 5.97 Å². The molecule has 0 saturated heterocycles. The van der Waals surface area contributed by atoms with E-state index in [0.717, 1.165) is 10.4 Å². The zero-order chi connectivity index (χ0) is 20.1. The second-order valence-corrected chi connectivity index (χ2v) is 7.66. The first kappa shape index (κ1) is 19.9. The van der Waals surface area contributed by atoms with Crippen LogP contribution in [0.2, 0.25) is 0 Å². The van der Waals surface area contributed by atoms with Gasteiger partial charge in [-0.25, -0.2) is 0 Å². The molecule has 1 aliphatic rings. The second-order valence-electron chi connectivity index (χ2n) is 6.37. The minimum atomic E-state index is -0.944. The number of ketones is 1. The van der Waals surface area contributed by atoms with E-state index in [2.05, 4.69) is 5.32 Å². The zero-order valence-electron chi connectivity index (χ0n) is 15.7. The molecule has 28 heavy (non-hydrogen) atoms. The molecular weight excluding hydrogens is 382 g/mol. The van der Waals surface area contributed by atoms with E-state index in [1.165, 1.54) is 18.3 Å². The van der Waals surface area contributed by atoms with Gasteiger partial charge in [0.05, 0.1) is 11.3 Å². The number of rotatable bonds is 8. The number of amides is 1. The summed E-state index contributed by atoms with van der Waals surface area (Å²) in [7, 11) is 0. The molecule has 0 radical (unpaired) electrons. The van der Waals surface area contributed by atoms with Crippen LogP contribution in [0.25, 0.3) is 0 Å². The average Bonchev–Trinajstić information content (AvgIpc) is 3.32. The summed E-state index contributed by atoms with van der Waals surface area (Å²) in [4.78, 5) is 37.7. The fourth-order valence-corrected chi connectivity index (χ4v) is 3.45. The zero-order valence-corrected chi connectivity index (χ0v) is 16.5. The molecule has 0 spiro atoms. The average molecular weight is 403 g/mol. The van der Waals surface area contributed by atoms with E-state index in [1.54, 1.807) is 18.2 Å². The van der Waals surface area contributed by atoms with Crippen molar-refractivity contribution in [2.45, 2.75) is 39.3 Å². The summed E-state index contributed by atoms with van der Waals surface area (Å²) in [6.07, 6.45) is -0.944. The van der Waals surface area contributed by atoms with Gasteiger partial charge in [-0.3, -0.25) is 14.4 Å². The highest BCUT2D eigenvalue weighted by Crippen LogP contribution is 2.32. The van der Waals surface area contributed by atoms with E-state index in [4.69, 9.17) is 14.2 Å². The van der Waals surface area contributed by atoms with E-state index in [0.29, 0.717) is 16.4 Å². The van der Waals surface area contributed by atoms with Gasteiger partial charge in [0.2, 0.25) is 6.79 Å². The van der Waals surface area contributed by atoms with Crippen LogP contribution in [0.5, 0.6) is 11.5 Å². The fraction of sp³-hybridized carbons (Fsp3) is 0.350. The van der Waals surface area contributed by atoms with Gasteiger partial charge in [-0.05, 0) is 43.7 Å². The summed E-state index contributed by atoms with van der Waals surface area (Å²) in [5.41, 5.74) is 0.841. The Hall–Kier alpha value is -2.87. The smallest absolute Gasteiger partial charge is 0.307 e. The lowest BCUT2D eigenvalue weighted by atomic mass is 10.2. The first-order chi connectivity index (χ1) is 13.4. The van der Waals surface area contributed by atoms with Gasteiger partial charge in [-0.1, -0.05) is 6.07 Å². The molecule has 2 aromatic rings. The van der Waals surface area contributed by atoms with E-state index < -0.39 is 18.0 Å². The summed E-state index contributed by atoms with van der Waals surface area (Å²) in [5.74, 6) is 0.218. The molecule has 1 aromatic heterocycles. The fourth-order valence-electron chi connectivity index (χ4n) is 2.62. The SMILES string of the molecule is Cc1ccc(C(=O)CCC(=O)O[C@H](C)C(=O)NCc2ccc3c(c2)OCO3)s1. The van der Waals surface area contributed by atoms with Crippen molar-refractivity contribution < 1.29 is 28.6 Å². The Morgan fingerprint density at radius 2 is 1.93 bits per heavy atom. The molecule has 7 nitrogen and oxygen atoms in total. The third kappa shape index (κ3) is 5.10.